The second-order valence-electron chi connectivity index (χ2n) is 5.44. The van der Waals surface area contributed by atoms with Crippen LogP contribution in [0.2, 0.25) is 0 Å². The number of nitro groups is 1. The van der Waals surface area contributed by atoms with Crippen molar-refractivity contribution in [3.63, 3.8) is 0 Å². The van der Waals surface area contributed by atoms with E-state index >= 15 is 0 Å². The number of pyridine rings is 1. The fourth-order valence-electron chi connectivity index (χ4n) is 2.15. The maximum absolute atomic E-state index is 11.5. The van der Waals surface area contributed by atoms with E-state index in [-0.39, 0.29) is 17.6 Å². The third-order valence-electron chi connectivity index (χ3n) is 3.77. The molecule has 0 radical (unpaired) electrons. The molecule has 0 saturated heterocycles. The number of rotatable bonds is 9. The molecule has 1 heterocycles. The average Bonchev–Trinajstić information content (AvgIpc) is 2.45. The number of esters is 1. The first-order valence-corrected chi connectivity index (χ1v) is 7.68. The minimum Gasteiger partial charge on any atom is -0.465 e. The summed E-state index contributed by atoms with van der Waals surface area (Å²) in [6.07, 6.45) is 7.08. The van der Waals surface area contributed by atoms with Crippen LogP contribution in [0.3, 0.4) is 0 Å². The Kier molecular flexibility index (Phi) is 6.12. The van der Waals surface area contributed by atoms with Crippen molar-refractivity contribution in [3.05, 3.63) is 28.4 Å². The smallest absolute Gasteiger partial charge is 0.308 e. The predicted octanol–water partition coefficient (Wildman–Crippen LogP) is 2.92. The lowest BCUT2D eigenvalue weighted by Crippen LogP contribution is -2.24. The van der Waals surface area contributed by atoms with Crippen molar-refractivity contribution >= 4 is 17.5 Å². The van der Waals surface area contributed by atoms with E-state index in [1.165, 1.54) is 12.3 Å². The zero-order valence-corrected chi connectivity index (χ0v) is 12.5. The van der Waals surface area contributed by atoms with Gasteiger partial charge in [-0.05, 0) is 38.2 Å². The molecule has 1 N–H and O–H groups in total. The highest BCUT2D eigenvalue weighted by Crippen LogP contribution is 2.27. The van der Waals surface area contributed by atoms with E-state index in [9.17, 15) is 14.9 Å². The van der Waals surface area contributed by atoms with Gasteiger partial charge in [0.2, 0.25) is 0 Å². The van der Waals surface area contributed by atoms with Gasteiger partial charge in [0, 0.05) is 12.6 Å². The standard InChI is InChI=1S/C15H21N3O4/c19-15(12-5-4-6-12)22-10-3-1-2-9-16-14-8-7-13(11-17-14)18(20)21/h7-8,11-12H,1-6,9-10H2,(H,16,17). The van der Waals surface area contributed by atoms with Gasteiger partial charge in [0.15, 0.2) is 0 Å². The van der Waals surface area contributed by atoms with Gasteiger partial charge in [-0.2, -0.15) is 0 Å². The lowest BCUT2D eigenvalue weighted by atomic mass is 9.86. The van der Waals surface area contributed by atoms with Crippen LogP contribution in [-0.2, 0) is 9.53 Å². The molecule has 0 aliphatic heterocycles. The number of carbonyl (C=O) groups is 1. The zero-order chi connectivity index (χ0) is 15.8. The van der Waals surface area contributed by atoms with Gasteiger partial charge in [-0.3, -0.25) is 14.9 Å². The molecule has 0 atom stereocenters. The predicted molar refractivity (Wildman–Crippen MR) is 81.5 cm³/mol. The summed E-state index contributed by atoms with van der Waals surface area (Å²) < 4.78 is 5.21. The van der Waals surface area contributed by atoms with Crippen LogP contribution in [0.25, 0.3) is 0 Å². The van der Waals surface area contributed by atoms with E-state index in [1.807, 2.05) is 0 Å². The molecule has 1 aromatic heterocycles. The van der Waals surface area contributed by atoms with E-state index < -0.39 is 4.92 Å². The maximum Gasteiger partial charge on any atom is 0.308 e. The van der Waals surface area contributed by atoms with Gasteiger partial charge in [-0.1, -0.05) is 6.42 Å². The van der Waals surface area contributed by atoms with E-state index in [4.69, 9.17) is 4.74 Å². The minimum absolute atomic E-state index is 0.0150. The number of aromatic nitrogens is 1. The molecule has 1 aromatic rings. The Balaban J connectivity index is 1.50. The van der Waals surface area contributed by atoms with Gasteiger partial charge in [0.25, 0.3) is 5.69 Å². The molecule has 7 nitrogen and oxygen atoms in total. The monoisotopic (exact) mass is 307 g/mol. The minimum atomic E-state index is -0.471. The number of ether oxygens (including phenoxy) is 1. The van der Waals surface area contributed by atoms with E-state index in [1.54, 1.807) is 6.07 Å². The van der Waals surface area contributed by atoms with Gasteiger partial charge >= 0.3 is 5.97 Å². The summed E-state index contributed by atoms with van der Waals surface area (Å²) in [7, 11) is 0. The van der Waals surface area contributed by atoms with Crippen LogP contribution in [-0.4, -0.2) is 29.0 Å². The van der Waals surface area contributed by atoms with Crippen molar-refractivity contribution in [2.75, 3.05) is 18.5 Å². The molecule has 22 heavy (non-hydrogen) atoms. The Labute approximate surface area is 129 Å². The molecule has 1 aliphatic rings. The van der Waals surface area contributed by atoms with Gasteiger partial charge in [-0.15, -0.1) is 0 Å². The molecule has 0 bridgehead atoms. The summed E-state index contributed by atoms with van der Waals surface area (Å²) >= 11 is 0. The Morgan fingerprint density at radius 3 is 2.77 bits per heavy atom. The van der Waals surface area contributed by atoms with Crippen LogP contribution in [0.15, 0.2) is 18.3 Å². The van der Waals surface area contributed by atoms with Crippen LogP contribution in [0.4, 0.5) is 11.5 Å². The fourth-order valence-corrected chi connectivity index (χ4v) is 2.15. The number of nitrogens with one attached hydrogen (secondary N) is 1. The summed E-state index contributed by atoms with van der Waals surface area (Å²) in [5.74, 6) is 0.733. The van der Waals surface area contributed by atoms with Crippen molar-refractivity contribution in [3.8, 4) is 0 Å². The third-order valence-corrected chi connectivity index (χ3v) is 3.77. The quantitative estimate of drug-likeness (QED) is 0.326. The first-order valence-electron chi connectivity index (χ1n) is 7.68. The molecule has 1 fully saturated rings. The zero-order valence-electron chi connectivity index (χ0n) is 12.5. The van der Waals surface area contributed by atoms with Crippen molar-refractivity contribution in [1.82, 2.24) is 4.98 Å². The summed E-state index contributed by atoms with van der Waals surface area (Å²) in [6, 6.07) is 3.02. The lowest BCUT2D eigenvalue weighted by Gasteiger charge is -2.22. The fraction of sp³-hybridized carbons (Fsp3) is 0.600. The first kappa shape index (κ1) is 16.2. The van der Waals surface area contributed by atoms with Crippen LogP contribution in [0.1, 0.15) is 38.5 Å². The first-order chi connectivity index (χ1) is 10.7. The topological polar surface area (TPSA) is 94.4 Å². The summed E-state index contributed by atoms with van der Waals surface area (Å²) in [4.78, 5) is 25.5. The van der Waals surface area contributed by atoms with Crippen molar-refractivity contribution < 1.29 is 14.5 Å². The van der Waals surface area contributed by atoms with Crippen LogP contribution in [0, 0.1) is 16.0 Å². The molecule has 0 spiro atoms. The number of nitrogens with zero attached hydrogens (tertiary/aromatic N) is 2. The Bertz CT molecular complexity index is 500. The van der Waals surface area contributed by atoms with Crippen molar-refractivity contribution in [2.45, 2.75) is 38.5 Å². The van der Waals surface area contributed by atoms with Crippen LogP contribution in [0.5, 0.6) is 0 Å². The van der Waals surface area contributed by atoms with Crippen molar-refractivity contribution in [2.24, 2.45) is 5.92 Å². The molecule has 120 valence electrons. The van der Waals surface area contributed by atoms with E-state index in [0.29, 0.717) is 12.4 Å². The Hall–Kier alpha value is -2.18. The molecular formula is C15H21N3O4. The summed E-state index contributed by atoms with van der Waals surface area (Å²) in [6.45, 7) is 1.23. The molecule has 0 aromatic carbocycles. The SMILES string of the molecule is O=C(OCCCCCNc1ccc([N+](=O)[O-])cn1)C1CCC1. The highest BCUT2D eigenvalue weighted by Gasteiger charge is 2.26. The van der Waals surface area contributed by atoms with Gasteiger partial charge in [-0.25, -0.2) is 4.98 Å². The second kappa shape index (κ2) is 8.31. The highest BCUT2D eigenvalue weighted by atomic mass is 16.6. The van der Waals surface area contributed by atoms with Crippen molar-refractivity contribution in [1.29, 1.82) is 0 Å². The number of carbonyl (C=O) groups excluding carboxylic acids is 1. The van der Waals surface area contributed by atoms with Gasteiger partial charge < -0.3 is 10.1 Å². The molecule has 1 aliphatic carbocycles. The highest BCUT2D eigenvalue weighted by molar-refractivity contribution is 5.73. The maximum atomic E-state index is 11.5. The molecule has 0 amide bonds. The number of unbranched alkanes of at least 4 members (excludes halogenated alkanes) is 2. The Morgan fingerprint density at radius 2 is 2.18 bits per heavy atom. The summed E-state index contributed by atoms with van der Waals surface area (Å²) in [5, 5.41) is 13.6. The molecule has 2 rings (SSSR count). The largest absolute Gasteiger partial charge is 0.465 e. The van der Waals surface area contributed by atoms with Crippen LogP contribution >= 0.6 is 0 Å². The van der Waals surface area contributed by atoms with E-state index in [0.717, 1.165) is 45.1 Å². The van der Waals surface area contributed by atoms with Crippen LogP contribution < -0.4 is 5.32 Å². The van der Waals surface area contributed by atoms with E-state index in [2.05, 4.69) is 10.3 Å². The Morgan fingerprint density at radius 1 is 1.36 bits per heavy atom. The number of hydrogen-bond donors (Lipinski definition) is 1. The molecule has 0 unspecified atom stereocenters. The molecular weight excluding hydrogens is 286 g/mol. The molecule has 1 saturated carbocycles. The van der Waals surface area contributed by atoms with Gasteiger partial charge in [0.1, 0.15) is 12.0 Å². The van der Waals surface area contributed by atoms with Gasteiger partial charge in [0.05, 0.1) is 17.4 Å². The normalized spacial score (nSPS) is 14.2. The summed E-state index contributed by atoms with van der Waals surface area (Å²) in [5.41, 5.74) is -0.0150. The second-order valence-corrected chi connectivity index (χ2v) is 5.44. The average molecular weight is 307 g/mol. The lowest BCUT2D eigenvalue weighted by molar-refractivity contribution is -0.385. The third kappa shape index (κ3) is 4.98. The number of anilines is 1. The molecule has 7 heteroatoms. The number of hydrogen-bond acceptors (Lipinski definition) is 6.